The van der Waals surface area contributed by atoms with E-state index in [1.54, 1.807) is 6.33 Å². The first-order valence-electron chi connectivity index (χ1n) is 5.01. The standard InChI is InChI=1S/C11H12N2O/c1-2-8(3-1)14-9-4-5-10-11(6-9)13-7-12-10/h4-8H,1-3H2,(H,12,13). The number of benzene rings is 1. The number of aromatic amines is 1. The van der Waals surface area contributed by atoms with Gasteiger partial charge in [0.05, 0.1) is 23.5 Å². The number of aromatic nitrogens is 2. The summed E-state index contributed by atoms with van der Waals surface area (Å²) in [6, 6.07) is 5.99. The summed E-state index contributed by atoms with van der Waals surface area (Å²) < 4.78 is 5.78. The summed E-state index contributed by atoms with van der Waals surface area (Å²) in [6.45, 7) is 0. The molecule has 0 spiro atoms. The second-order valence-electron chi connectivity index (χ2n) is 3.75. The highest BCUT2D eigenvalue weighted by atomic mass is 16.5. The van der Waals surface area contributed by atoms with E-state index in [1.807, 2.05) is 18.2 Å². The second-order valence-corrected chi connectivity index (χ2v) is 3.75. The van der Waals surface area contributed by atoms with Crippen molar-refractivity contribution in [1.29, 1.82) is 0 Å². The van der Waals surface area contributed by atoms with Crippen molar-refractivity contribution in [2.75, 3.05) is 0 Å². The molecule has 1 aromatic carbocycles. The molecule has 0 saturated heterocycles. The van der Waals surface area contributed by atoms with Crippen molar-refractivity contribution in [2.24, 2.45) is 0 Å². The van der Waals surface area contributed by atoms with E-state index in [1.165, 1.54) is 19.3 Å². The summed E-state index contributed by atoms with van der Waals surface area (Å²) >= 11 is 0. The van der Waals surface area contributed by atoms with Gasteiger partial charge >= 0.3 is 0 Å². The van der Waals surface area contributed by atoms with Crippen LogP contribution in [0.3, 0.4) is 0 Å². The Labute approximate surface area is 82.1 Å². The lowest BCUT2D eigenvalue weighted by Gasteiger charge is -2.26. The maximum atomic E-state index is 5.78. The van der Waals surface area contributed by atoms with Crippen LogP contribution in [0.5, 0.6) is 5.75 Å². The largest absolute Gasteiger partial charge is 0.490 e. The number of rotatable bonds is 2. The van der Waals surface area contributed by atoms with Crippen molar-refractivity contribution in [3.8, 4) is 5.75 Å². The molecule has 3 nitrogen and oxygen atoms in total. The van der Waals surface area contributed by atoms with Crippen molar-refractivity contribution in [3.63, 3.8) is 0 Å². The van der Waals surface area contributed by atoms with Crippen LogP contribution in [0.1, 0.15) is 19.3 Å². The molecule has 72 valence electrons. The maximum Gasteiger partial charge on any atom is 0.121 e. The Morgan fingerprint density at radius 3 is 3.07 bits per heavy atom. The third kappa shape index (κ3) is 1.25. The third-order valence-corrected chi connectivity index (χ3v) is 2.75. The molecule has 1 aliphatic rings. The minimum Gasteiger partial charge on any atom is -0.490 e. The predicted octanol–water partition coefficient (Wildman–Crippen LogP) is 2.49. The molecule has 1 N–H and O–H groups in total. The van der Waals surface area contributed by atoms with Crippen molar-refractivity contribution in [2.45, 2.75) is 25.4 Å². The van der Waals surface area contributed by atoms with Gasteiger partial charge in [0.2, 0.25) is 0 Å². The molecule has 14 heavy (non-hydrogen) atoms. The van der Waals surface area contributed by atoms with E-state index in [0.717, 1.165) is 16.8 Å². The molecule has 0 unspecified atom stereocenters. The van der Waals surface area contributed by atoms with E-state index in [0.29, 0.717) is 6.10 Å². The highest BCUT2D eigenvalue weighted by Gasteiger charge is 2.18. The number of nitrogens with zero attached hydrogens (tertiary/aromatic N) is 1. The van der Waals surface area contributed by atoms with Gasteiger partial charge in [0.25, 0.3) is 0 Å². The Balaban J connectivity index is 1.88. The van der Waals surface area contributed by atoms with Gasteiger partial charge in [-0.25, -0.2) is 4.98 Å². The molecule has 3 heteroatoms. The van der Waals surface area contributed by atoms with Crippen LogP contribution in [0.4, 0.5) is 0 Å². The van der Waals surface area contributed by atoms with E-state index in [4.69, 9.17) is 4.74 Å². The van der Waals surface area contributed by atoms with Crippen LogP contribution in [-0.4, -0.2) is 16.1 Å². The van der Waals surface area contributed by atoms with Crippen LogP contribution >= 0.6 is 0 Å². The smallest absolute Gasteiger partial charge is 0.121 e. The molecule has 3 rings (SSSR count). The average Bonchev–Trinajstić information content (AvgIpc) is 2.58. The summed E-state index contributed by atoms with van der Waals surface area (Å²) in [7, 11) is 0. The van der Waals surface area contributed by atoms with Crippen molar-refractivity contribution < 1.29 is 4.74 Å². The maximum absolute atomic E-state index is 5.78. The fourth-order valence-corrected chi connectivity index (χ4v) is 1.67. The third-order valence-electron chi connectivity index (χ3n) is 2.75. The van der Waals surface area contributed by atoms with E-state index in [9.17, 15) is 0 Å². The van der Waals surface area contributed by atoms with E-state index >= 15 is 0 Å². The number of imidazole rings is 1. The Kier molecular flexibility index (Phi) is 1.69. The van der Waals surface area contributed by atoms with Gasteiger partial charge in [0.15, 0.2) is 0 Å². The van der Waals surface area contributed by atoms with Gasteiger partial charge < -0.3 is 9.72 Å². The van der Waals surface area contributed by atoms with E-state index in [-0.39, 0.29) is 0 Å². The van der Waals surface area contributed by atoms with Gasteiger partial charge in [-0.1, -0.05) is 0 Å². The van der Waals surface area contributed by atoms with Crippen LogP contribution in [0.15, 0.2) is 24.5 Å². The van der Waals surface area contributed by atoms with Crippen molar-refractivity contribution in [1.82, 2.24) is 9.97 Å². The molecule has 0 atom stereocenters. The Bertz CT molecular complexity index is 445. The highest BCUT2D eigenvalue weighted by Crippen LogP contribution is 2.26. The Hall–Kier alpha value is -1.51. The molecule has 1 aliphatic carbocycles. The van der Waals surface area contributed by atoms with Gasteiger partial charge in [0.1, 0.15) is 5.75 Å². The molecule has 1 heterocycles. The zero-order valence-corrected chi connectivity index (χ0v) is 7.86. The molecular weight excluding hydrogens is 176 g/mol. The average molecular weight is 188 g/mol. The van der Waals surface area contributed by atoms with Crippen molar-refractivity contribution >= 4 is 11.0 Å². The van der Waals surface area contributed by atoms with Gasteiger partial charge in [-0.05, 0) is 31.4 Å². The molecule has 0 radical (unpaired) electrons. The van der Waals surface area contributed by atoms with Crippen LogP contribution in [0, 0.1) is 0 Å². The highest BCUT2D eigenvalue weighted by molar-refractivity contribution is 5.75. The summed E-state index contributed by atoms with van der Waals surface area (Å²) in [5, 5.41) is 0. The fraction of sp³-hybridized carbons (Fsp3) is 0.364. The zero-order chi connectivity index (χ0) is 9.38. The van der Waals surface area contributed by atoms with Crippen LogP contribution in [0.25, 0.3) is 11.0 Å². The monoisotopic (exact) mass is 188 g/mol. The Morgan fingerprint density at radius 1 is 1.36 bits per heavy atom. The molecule has 0 aliphatic heterocycles. The zero-order valence-electron chi connectivity index (χ0n) is 7.86. The number of nitrogens with one attached hydrogen (secondary N) is 1. The molecule has 0 bridgehead atoms. The number of H-pyrrole nitrogens is 1. The van der Waals surface area contributed by atoms with Gasteiger partial charge in [-0.15, -0.1) is 0 Å². The molecular formula is C11H12N2O. The van der Waals surface area contributed by atoms with E-state index in [2.05, 4.69) is 9.97 Å². The van der Waals surface area contributed by atoms with Gasteiger partial charge in [-0.3, -0.25) is 0 Å². The van der Waals surface area contributed by atoms with Crippen LogP contribution in [-0.2, 0) is 0 Å². The minimum absolute atomic E-state index is 0.440. The fourth-order valence-electron chi connectivity index (χ4n) is 1.67. The number of hydrogen-bond donors (Lipinski definition) is 1. The lowest BCUT2D eigenvalue weighted by atomic mass is 9.96. The lowest BCUT2D eigenvalue weighted by molar-refractivity contribution is 0.120. The first-order chi connectivity index (χ1) is 6.92. The minimum atomic E-state index is 0.440. The first kappa shape index (κ1) is 7.85. The quantitative estimate of drug-likeness (QED) is 0.786. The first-order valence-corrected chi connectivity index (χ1v) is 5.01. The van der Waals surface area contributed by atoms with E-state index < -0.39 is 0 Å². The summed E-state index contributed by atoms with van der Waals surface area (Å²) in [4.78, 5) is 7.24. The summed E-state index contributed by atoms with van der Waals surface area (Å²) in [5.41, 5.74) is 2.03. The number of ether oxygens (including phenoxy) is 1. The lowest BCUT2D eigenvalue weighted by Crippen LogP contribution is -2.24. The summed E-state index contributed by atoms with van der Waals surface area (Å²) in [6.07, 6.45) is 5.84. The Morgan fingerprint density at radius 2 is 2.29 bits per heavy atom. The molecule has 0 amide bonds. The van der Waals surface area contributed by atoms with Gasteiger partial charge in [-0.2, -0.15) is 0 Å². The normalized spacial score (nSPS) is 16.9. The van der Waals surface area contributed by atoms with Gasteiger partial charge in [0, 0.05) is 6.07 Å². The SMILES string of the molecule is c1nc2ccc(OC3CCC3)cc2[nH]1. The second kappa shape index (κ2) is 3.01. The van der Waals surface area contributed by atoms with Crippen molar-refractivity contribution in [3.05, 3.63) is 24.5 Å². The number of hydrogen-bond acceptors (Lipinski definition) is 2. The summed E-state index contributed by atoms with van der Waals surface area (Å²) in [5.74, 6) is 0.950. The van der Waals surface area contributed by atoms with Crippen LogP contribution < -0.4 is 4.74 Å². The molecule has 2 aromatic rings. The molecule has 1 aromatic heterocycles. The van der Waals surface area contributed by atoms with Crippen LogP contribution in [0.2, 0.25) is 0 Å². The molecule has 1 saturated carbocycles. The molecule has 1 fully saturated rings. The topological polar surface area (TPSA) is 37.9 Å². The predicted molar refractivity (Wildman–Crippen MR) is 54.4 cm³/mol. The number of fused-ring (bicyclic) bond motifs is 1.